The second kappa shape index (κ2) is 7.12. The van der Waals surface area contributed by atoms with E-state index < -0.39 is 0 Å². The second-order valence-corrected chi connectivity index (χ2v) is 8.73. The van der Waals surface area contributed by atoms with E-state index in [4.69, 9.17) is 16.0 Å². The summed E-state index contributed by atoms with van der Waals surface area (Å²) in [4.78, 5) is 12.6. The summed E-state index contributed by atoms with van der Waals surface area (Å²) in [7, 11) is 0. The van der Waals surface area contributed by atoms with Crippen molar-refractivity contribution < 1.29 is 4.42 Å². The number of hydrogen-bond acceptors (Lipinski definition) is 2. The average molecular weight is 426 g/mol. The molecule has 0 unspecified atom stereocenters. The van der Waals surface area contributed by atoms with E-state index in [9.17, 15) is 4.79 Å². The molecule has 0 radical (unpaired) electrons. The molecule has 1 aromatic heterocycles. The molecule has 0 saturated carbocycles. The third kappa shape index (κ3) is 3.34. The molecular weight excluding hydrogens is 411 g/mol. The Kier molecular flexibility index (Phi) is 4.69. The van der Waals surface area contributed by atoms with Crippen LogP contribution in [0.2, 0.25) is 5.02 Å². The Hall–Kier alpha value is -2.32. The van der Waals surface area contributed by atoms with Crippen LogP contribution in [-0.2, 0) is 0 Å². The summed E-state index contributed by atoms with van der Waals surface area (Å²) in [5.74, 6) is 0.655. The van der Waals surface area contributed by atoms with Gasteiger partial charge in [0.2, 0.25) is 0 Å². The fraction of sp³-hybridized carbons (Fsp3) is 0.0455. The van der Waals surface area contributed by atoms with E-state index in [0.29, 0.717) is 16.2 Å². The van der Waals surface area contributed by atoms with Crippen molar-refractivity contribution in [3.05, 3.63) is 93.8 Å². The van der Waals surface area contributed by atoms with Gasteiger partial charge in [0.25, 0.3) is 0 Å². The van der Waals surface area contributed by atoms with Gasteiger partial charge in [0.15, 0.2) is 0 Å². The molecule has 4 aromatic rings. The zero-order valence-corrected chi connectivity index (χ0v) is 16.5. The van der Waals surface area contributed by atoms with E-state index in [1.807, 2.05) is 79.7 Å². The maximum absolute atomic E-state index is 12.6. The molecule has 4 rings (SSSR count). The van der Waals surface area contributed by atoms with Crippen molar-refractivity contribution in [1.29, 1.82) is 0 Å². The number of hydrogen-bond donors (Lipinski definition) is 0. The number of halogens is 1. The van der Waals surface area contributed by atoms with Crippen LogP contribution in [0.15, 0.2) is 82.0 Å². The summed E-state index contributed by atoms with van der Waals surface area (Å²) in [5.41, 5.74) is 1.67. The molecule has 0 N–H and O–H groups in total. The first-order valence-electron chi connectivity index (χ1n) is 8.18. The summed E-state index contributed by atoms with van der Waals surface area (Å²) in [5, 5.41) is 2.31. The molecule has 0 aliphatic heterocycles. The second-order valence-electron chi connectivity index (χ2n) is 6.02. The zero-order chi connectivity index (χ0) is 18.1. The number of rotatable bonds is 3. The summed E-state index contributed by atoms with van der Waals surface area (Å²) >= 11 is 5.99. The van der Waals surface area contributed by atoms with Gasteiger partial charge in [0.1, 0.15) is 0 Å². The van der Waals surface area contributed by atoms with E-state index in [-0.39, 0.29) is 20.6 Å². The van der Waals surface area contributed by atoms with Gasteiger partial charge in [-0.05, 0) is 0 Å². The predicted molar refractivity (Wildman–Crippen MR) is 109 cm³/mol. The first-order chi connectivity index (χ1) is 12.6. The van der Waals surface area contributed by atoms with Crippen molar-refractivity contribution in [3.8, 4) is 11.3 Å². The maximum atomic E-state index is 12.6. The van der Waals surface area contributed by atoms with Crippen LogP contribution in [0.5, 0.6) is 0 Å². The monoisotopic (exact) mass is 426 g/mol. The van der Waals surface area contributed by atoms with Gasteiger partial charge >= 0.3 is 163 Å². The number of fused-ring (bicyclic) bond motifs is 1. The molecule has 0 aliphatic rings. The molecular formula is C22H15ClO2Se. The molecule has 0 aliphatic carbocycles. The van der Waals surface area contributed by atoms with Crippen LogP contribution in [0.4, 0.5) is 0 Å². The quantitative estimate of drug-likeness (QED) is 0.463. The Bertz CT molecular complexity index is 1130. The fourth-order valence-corrected chi connectivity index (χ4v) is 5.17. The van der Waals surface area contributed by atoms with Crippen molar-refractivity contribution in [2.24, 2.45) is 0 Å². The molecule has 2 nitrogen and oxygen atoms in total. The summed E-state index contributed by atoms with van der Waals surface area (Å²) in [6, 6.07) is 23.6. The van der Waals surface area contributed by atoms with Gasteiger partial charge in [-0.1, -0.05) is 0 Å². The molecule has 0 fully saturated rings. The molecule has 128 valence electrons. The Morgan fingerprint density at radius 3 is 2.35 bits per heavy atom. The standard InChI is InChI=1S/C22H15ClO2Se/c1-14-7-12-18-19(13-14)22(24)25-20(15-5-3-2-4-6-15)21(18)26-17-10-8-16(23)9-11-17/h2-13H,1H3. The van der Waals surface area contributed by atoms with Crippen molar-refractivity contribution in [3.63, 3.8) is 0 Å². The Morgan fingerprint density at radius 2 is 1.62 bits per heavy atom. The fourth-order valence-electron chi connectivity index (χ4n) is 2.84. The minimum absolute atomic E-state index is 0.0273. The summed E-state index contributed by atoms with van der Waals surface area (Å²) < 4.78 is 8.04. The first-order valence-corrected chi connectivity index (χ1v) is 10.3. The van der Waals surface area contributed by atoms with E-state index in [1.54, 1.807) is 0 Å². The third-order valence-corrected chi connectivity index (χ3v) is 6.71. The molecule has 0 bridgehead atoms. The van der Waals surface area contributed by atoms with E-state index in [2.05, 4.69) is 0 Å². The van der Waals surface area contributed by atoms with Gasteiger partial charge in [-0.2, -0.15) is 0 Å². The zero-order valence-electron chi connectivity index (χ0n) is 14.0. The minimum atomic E-state index is -0.293. The van der Waals surface area contributed by atoms with Crippen LogP contribution in [0, 0.1) is 6.92 Å². The average Bonchev–Trinajstić information content (AvgIpc) is 2.66. The molecule has 0 amide bonds. The molecule has 0 atom stereocenters. The van der Waals surface area contributed by atoms with E-state index in [0.717, 1.165) is 21.0 Å². The van der Waals surface area contributed by atoms with E-state index >= 15 is 0 Å². The number of aryl methyl sites for hydroxylation is 1. The molecule has 3 aromatic carbocycles. The predicted octanol–water partition coefficient (Wildman–Crippen LogP) is 4.08. The van der Waals surface area contributed by atoms with E-state index in [1.165, 1.54) is 4.46 Å². The van der Waals surface area contributed by atoms with Crippen molar-refractivity contribution >= 4 is 46.3 Å². The third-order valence-electron chi connectivity index (χ3n) is 4.11. The van der Waals surface area contributed by atoms with Gasteiger partial charge in [-0.15, -0.1) is 0 Å². The normalized spacial score (nSPS) is 11.0. The summed E-state index contributed by atoms with van der Waals surface area (Å²) in [6.07, 6.45) is 0. The molecule has 0 saturated heterocycles. The molecule has 4 heteroatoms. The Balaban J connectivity index is 1.99. The number of benzene rings is 3. The van der Waals surface area contributed by atoms with Crippen LogP contribution < -0.4 is 14.5 Å². The van der Waals surface area contributed by atoms with Crippen molar-refractivity contribution in [2.45, 2.75) is 6.92 Å². The van der Waals surface area contributed by atoms with Crippen LogP contribution >= 0.6 is 11.6 Å². The van der Waals surface area contributed by atoms with Crippen molar-refractivity contribution in [2.75, 3.05) is 0 Å². The molecule has 0 spiro atoms. The van der Waals surface area contributed by atoms with Gasteiger partial charge < -0.3 is 0 Å². The van der Waals surface area contributed by atoms with Crippen LogP contribution in [0.3, 0.4) is 0 Å². The van der Waals surface area contributed by atoms with Crippen molar-refractivity contribution in [1.82, 2.24) is 0 Å². The Morgan fingerprint density at radius 1 is 0.885 bits per heavy atom. The topological polar surface area (TPSA) is 30.2 Å². The van der Waals surface area contributed by atoms with Crippen LogP contribution in [0.1, 0.15) is 5.56 Å². The van der Waals surface area contributed by atoms with Gasteiger partial charge in [0.05, 0.1) is 0 Å². The first kappa shape index (κ1) is 17.1. The van der Waals surface area contributed by atoms with Gasteiger partial charge in [-0.3, -0.25) is 0 Å². The van der Waals surface area contributed by atoms with Gasteiger partial charge in [-0.25, -0.2) is 0 Å². The SMILES string of the molecule is Cc1ccc2c([Se]c3ccc(Cl)cc3)c(-c3ccccc3)oc(=O)c2c1. The Labute approximate surface area is 162 Å². The molecule has 26 heavy (non-hydrogen) atoms. The van der Waals surface area contributed by atoms with Crippen LogP contribution in [-0.4, -0.2) is 15.0 Å². The van der Waals surface area contributed by atoms with Crippen LogP contribution in [0.25, 0.3) is 22.1 Å². The molecule has 1 heterocycles. The van der Waals surface area contributed by atoms with Gasteiger partial charge in [0, 0.05) is 0 Å². The summed E-state index contributed by atoms with van der Waals surface area (Å²) in [6.45, 7) is 1.98.